The minimum absolute atomic E-state index is 0.119. The maximum atomic E-state index is 13.3. The SMILES string of the molecule is CCCCCN(C(=O)COC(=O)C=Cc1c(C)nn(-c2ccc(F)cc2)c1Cl)c1c(N)n(CCCC)c(=O)[nH]c1=O. The molecule has 3 aromatic rings. The van der Waals surface area contributed by atoms with Crippen LogP contribution in [0.3, 0.4) is 0 Å². The topological polar surface area (TPSA) is 145 Å². The van der Waals surface area contributed by atoms with Crippen molar-refractivity contribution >= 4 is 41.1 Å². The molecule has 0 spiro atoms. The number of carbonyl (C=O) groups is 2. The number of aromatic amines is 1. The molecule has 0 bridgehead atoms. The van der Waals surface area contributed by atoms with Crippen LogP contribution in [0, 0.1) is 12.7 Å². The third-order valence-electron chi connectivity index (χ3n) is 6.35. The van der Waals surface area contributed by atoms with Crippen LogP contribution in [-0.4, -0.2) is 44.4 Å². The van der Waals surface area contributed by atoms with E-state index in [0.29, 0.717) is 29.8 Å². The van der Waals surface area contributed by atoms with Crippen LogP contribution >= 0.6 is 11.6 Å². The summed E-state index contributed by atoms with van der Waals surface area (Å²) in [6.07, 6.45) is 6.17. The van der Waals surface area contributed by atoms with Crippen LogP contribution in [0.2, 0.25) is 5.15 Å². The Balaban J connectivity index is 1.77. The van der Waals surface area contributed by atoms with Crippen molar-refractivity contribution in [1.29, 1.82) is 0 Å². The summed E-state index contributed by atoms with van der Waals surface area (Å²) in [5.74, 6) is -2.02. The molecule has 220 valence electrons. The Labute approximate surface area is 241 Å². The molecule has 3 rings (SSSR count). The van der Waals surface area contributed by atoms with Gasteiger partial charge in [0.05, 0.1) is 11.4 Å². The van der Waals surface area contributed by atoms with Crippen molar-refractivity contribution in [1.82, 2.24) is 19.3 Å². The number of benzene rings is 1. The molecule has 2 aromatic heterocycles. The minimum atomic E-state index is -0.827. The van der Waals surface area contributed by atoms with Gasteiger partial charge in [0, 0.05) is 24.7 Å². The van der Waals surface area contributed by atoms with Gasteiger partial charge in [0.1, 0.15) is 16.8 Å². The lowest BCUT2D eigenvalue weighted by Gasteiger charge is -2.24. The van der Waals surface area contributed by atoms with Gasteiger partial charge in [-0.1, -0.05) is 44.7 Å². The second-order valence-corrected chi connectivity index (χ2v) is 9.73. The molecule has 3 N–H and O–H groups in total. The highest BCUT2D eigenvalue weighted by Gasteiger charge is 2.25. The number of unbranched alkanes of at least 4 members (excludes halogenated alkanes) is 3. The first-order chi connectivity index (χ1) is 19.6. The lowest BCUT2D eigenvalue weighted by Crippen LogP contribution is -2.43. The Hall–Kier alpha value is -4.19. The van der Waals surface area contributed by atoms with Crippen LogP contribution in [0.25, 0.3) is 11.8 Å². The van der Waals surface area contributed by atoms with Crippen molar-refractivity contribution in [3.05, 3.63) is 73.4 Å². The lowest BCUT2D eigenvalue weighted by atomic mass is 10.2. The largest absolute Gasteiger partial charge is 0.452 e. The van der Waals surface area contributed by atoms with Crippen molar-refractivity contribution in [3.8, 4) is 5.69 Å². The maximum Gasteiger partial charge on any atom is 0.331 e. The Kier molecular flexibility index (Phi) is 11.0. The molecule has 0 saturated carbocycles. The number of nitrogen functional groups attached to an aromatic ring is 1. The first-order valence-corrected chi connectivity index (χ1v) is 13.8. The number of nitrogens with one attached hydrogen (secondary N) is 1. The number of rotatable bonds is 13. The maximum absolute atomic E-state index is 13.3. The standard InChI is InChI=1S/C28H34ClFN6O5/c1-4-6-8-16-34(24-26(31)35(15-7-5-2)28(40)32-27(24)39)22(37)17-41-23(38)14-13-21-18(3)33-36(25(21)29)20-11-9-19(30)10-12-20/h9-14H,4-8,15-17,31H2,1-3H3,(H,32,39,40). The molecular formula is C28H34ClFN6O5. The zero-order valence-electron chi connectivity index (χ0n) is 23.3. The van der Waals surface area contributed by atoms with E-state index in [1.54, 1.807) is 6.92 Å². The summed E-state index contributed by atoms with van der Waals surface area (Å²) in [6.45, 7) is 5.40. The van der Waals surface area contributed by atoms with Gasteiger partial charge in [0.15, 0.2) is 12.3 Å². The van der Waals surface area contributed by atoms with E-state index in [0.717, 1.165) is 30.2 Å². The molecule has 0 aliphatic heterocycles. The zero-order chi connectivity index (χ0) is 30.1. The van der Waals surface area contributed by atoms with Gasteiger partial charge in [0.2, 0.25) is 0 Å². The van der Waals surface area contributed by atoms with Gasteiger partial charge in [-0.25, -0.2) is 18.7 Å². The van der Waals surface area contributed by atoms with Gasteiger partial charge in [-0.05, 0) is 50.1 Å². The molecule has 13 heteroatoms. The van der Waals surface area contributed by atoms with E-state index in [-0.39, 0.29) is 29.7 Å². The normalized spacial score (nSPS) is 11.2. The number of H-pyrrole nitrogens is 1. The number of amides is 1. The van der Waals surface area contributed by atoms with E-state index in [9.17, 15) is 23.6 Å². The van der Waals surface area contributed by atoms with Crippen LogP contribution in [-0.2, 0) is 20.9 Å². The Morgan fingerprint density at radius 2 is 1.83 bits per heavy atom. The molecule has 0 fully saturated rings. The number of anilines is 2. The number of nitrogens with zero attached hydrogens (tertiary/aromatic N) is 4. The van der Waals surface area contributed by atoms with Gasteiger partial charge in [-0.15, -0.1) is 0 Å². The van der Waals surface area contributed by atoms with Crippen molar-refractivity contribution in [2.24, 2.45) is 0 Å². The number of ether oxygens (including phenoxy) is 1. The van der Waals surface area contributed by atoms with Crippen LogP contribution in [0.4, 0.5) is 15.9 Å². The summed E-state index contributed by atoms with van der Waals surface area (Å²) in [5.41, 5.74) is 6.09. The molecule has 41 heavy (non-hydrogen) atoms. The lowest BCUT2D eigenvalue weighted by molar-refractivity contribution is -0.142. The quantitative estimate of drug-likeness (QED) is 0.174. The predicted octanol–water partition coefficient (Wildman–Crippen LogP) is 3.99. The van der Waals surface area contributed by atoms with E-state index in [1.165, 1.54) is 39.6 Å². The summed E-state index contributed by atoms with van der Waals surface area (Å²) in [7, 11) is 0. The third-order valence-corrected chi connectivity index (χ3v) is 6.71. The number of nitrogens with two attached hydrogens (primary N) is 1. The Morgan fingerprint density at radius 1 is 1.15 bits per heavy atom. The molecule has 2 heterocycles. The third kappa shape index (κ3) is 7.72. The average Bonchev–Trinajstić information content (AvgIpc) is 3.22. The Morgan fingerprint density at radius 3 is 2.49 bits per heavy atom. The number of esters is 1. The molecule has 0 aliphatic carbocycles. The van der Waals surface area contributed by atoms with Gasteiger partial charge in [-0.3, -0.25) is 19.1 Å². The fourth-order valence-electron chi connectivity index (χ4n) is 4.12. The average molecular weight is 589 g/mol. The Bertz CT molecular complexity index is 1530. The highest BCUT2D eigenvalue weighted by molar-refractivity contribution is 6.31. The van der Waals surface area contributed by atoms with Gasteiger partial charge < -0.3 is 15.4 Å². The molecule has 1 aromatic carbocycles. The summed E-state index contributed by atoms with van der Waals surface area (Å²) < 4.78 is 21.1. The van der Waals surface area contributed by atoms with E-state index in [2.05, 4.69) is 10.1 Å². The van der Waals surface area contributed by atoms with Crippen molar-refractivity contribution in [3.63, 3.8) is 0 Å². The van der Waals surface area contributed by atoms with Crippen LogP contribution in [0.5, 0.6) is 0 Å². The van der Waals surface area contributed by atoms with Gasteiger partial charge in [-0.2, -0.15) is 5.10 Å². The number of aromatic nitrogens is 4. The summed E-state index contributed by atoms with van der Waals surface area (Å²) >= 11 is 6.44. The van der Waals surface area contributed by atoms with E-state index in [1.807, 2.05) is 13.8 Å². The zero-order valence-corrected chi connectivity index (χ0v) is 24.0. The molecule has 0 atom stereocenters. The molecule has 0 aliphatic rings. The monoisotopic (exact) mass is 588 g/mol. The fourth-order valence-corrected chi connectivity index (χ4v) is 4.46. The summed E-state index contributed by atoms with van der Waals surface area (Å²) in [6, 6.07) is 5.58. The summed E-state index contributed by atoms with van der Waals surface area (Å²) in [4.78, 5) is 54.2. The van der Waals surface area contributed by atoms with E-state index in [4.69, 9.17) is 22.1 Å². The number of hydrogen-bond acceptors (Lipinski definition) is 7. The molecular weight excluding hydrogens is 555 g/mol. The number of aryl methyl sites for hydroxylation is 1. The first-order valence-electron chi connectivity index (χ1n) is 13.4. The molecule has 1 amide bonds. The van der Waals surface area contributed by atoms with Crippen LogP contribution in [0.15, 0.2) is 39.9 Å². The summed E-state index contributed by atoms with van der Waals surface area (Å²) in [5, 5.41) is 4.53. The molecule has 11 nitrogen and oxygen atoms in total. The highest BCUT2D eigenvalue weighted by atomic mass is 35.5. The minimum Gasteiger partial charge on any atom is -0.452 e. The smallest absolute Gasteiger partial charge is 0.331 e. The van der Waals surface area contributed by atoms with Crippen LogP contribution < -0.4 is 21.9 Å². The van der Waals surface area contributed by atoms with Crippen LogP contribution in [0.1, 0.15) is 57.2 Å². The van der Waals surface area contributed by atoms with Gasteiger partial charge in [0.25, 0.3) is 11.5 Å². The molecule has 0 unspecified atom stereocenters. The van der Waals surface area contributed by atoms with Crippen molar-refractivity contribution in [2.45, 2.75) is 59.4 Å². The molecule has 0 radical (unpaired) electrons. The number of carbonyl (C=O) groups excluding carboxylic acids is 2. The second-order valence-electron chi connectivity index (χ2n) is 9.37. The van der Waals surface area contributed by atoms with E-state index >= 15 is 0 Å². The highest BCUT2D eigenvalue weighted by Crippen LogP contribution is 2.25. The second kappa shape index (κ2) is 14.4. The molecule has 0 saturated heterocycles. The van der Waals surface area contributed by atoms with E-state index < -0.39 is 35.5 Å². The van der Waals surface area contributed by atoms with Gasteiger partial charge >= 0.3 is 11.7 Å². The fraction of sp³-hybridized carbons (Fsp3) is 0.393. The van der Waals surface area contributed by atoms with Crippen molar-refractivity contribution < 1.29 is 18.7 Å². The first kappa shape index (κ1) is 31.3. The predicted molar refractivity (Wildman–Crippen MR) is 156 cm³/mol. The number of hydrogen-bond donors (Lipinski definition) is 2. The van der Waals surface area contributed by atoms with Crippen molar-refractivity contribution in [2.75, 3.05) is 23.8 Å². The number of halogens is 2.